The van der Waals surface area contributed by atoms with Crippen LogP contribution in [0.4, 0.5) is 0 Å². The number of rotatable bonds is 8. The van der Waals surface area contributed by atoms with Crippen LogP contribution in [-0.2, 0) is 9.59 Å². The predicted molar refractivity (Wildman–Crippen MR) is 90.7 cm³/mol. The lowest BCUT2D eigenvalue weighted by atomic mass is 10.1. The molecular formula is C17H20N4O4. The molecule has 1 rings (SSSR count). The van der Waals surface area contributed by atoms with E-state index in [0.717, 1.165) is 11.4 Å². The average molecular weight is 344 g/mol. The van der Waals surface area contributed by atoms with Crippen molar-refractivity contribution in [3.8, 4) is 0 Å². The summed E-state index contributed by atoms with van der Waals surface area (Å²) in [5.74, 6) is -2.32. The van der Waals surface area contributed by atoms with E-state index in [1.54, 1.807) is 12.2 Å². The fourth-order valence-electron chi connectivity index (χ4n) is 2.50. The summed E-state index contributed by atoms with van der Waals surface area (Å²) >= 11 is 0. The molecule has 0 aromatic heterocycles. The smallest absolute Gasteiger partial charge is 0.481 e. The highest BCUT2D eigenvalue weighted by atomic mass is 16.4. The molecule has 0 fully saturated rings. The first-order valence-corrected chi connectivity index (χ1v) is 7.61. The summed E-state index contributed by atoms with van der Waals surface area (Å²) in [6.45, 7) is 18.8. The fourth-order valence-corrected chi connectivity index (χ4v) is 2.50. The Morgan fingerprint density at radius 3 is 2.20 bits per heavy atom. The van der Waals surface area contributed by atoms with Gasteiger partial charge in [-0.3, -0.25) is 9.59 Å². The number of carbonyl (C=O) groups is 2. The van der Waals surface area contributed by atoms with E-state index in [0.29, 0.717) is 25.1 Å². The Morgan fingerprint density at radius 1 is 1.20 bits per heavy atom. The van der Waals surface area contributed by atoms with Crippen LogP contribution in [0.3, 0.4) is 0 Å². The van der Waals surface area contributed by atoms with Crippen LogP contribution in [0, 0.1) is 13.1 Å². The maximum absolute atomic E-state index is 11.0. The minimum absolute atomic E-state index is 0.0259. The SMILES string of the molecule is [C-]#[N+]C([N+]#[C-])=C1C=C(C)N(CCCNC(CC(=O)O)C(=O)O)C(C)=C1. The van der Waals surface area contributed by atoms with Gasteiger partial charge in [0.2, 0.25) is 0 Å². The highest BCUT2D eigenvalue weighted by Crippen LogP contribution is 2.25. The van der Waals surface area contributed by atoms with Crippen LogP contribution in [0.1, 0.15) is 26.7 Å². The molecule has 0 radical (unpaired) electrons. The Labute approximate surface area is 146 Å². The molecule has 0 bridgehead atoms. The summed E-state index contributed by atoms with van der Waals surface area (Å²) < 4.78 is 0. The van der Waals surface area contributed by atoms with Gasteiger partial charge in [-0.2, -0.15) is 9.69 Å². The second-order valence-corrected chi connectivity index (χ2v) is 5.52. The molecule has 0 saturated heterocycles. The van der Waals surface area contributed by atoms with Crippen molar-refractivity contribution in [1.29, 1.82) is 0 Å². The van der Waals surface area contributed by atoms with Gasteiger partial charge < -0.3 is 20.4 Å². The third-order valence-electron chi connectivity index (χ3n) is 3.68. The lowest BCUT2D eigenvalue weighted by molar-refractivity contribution is -0.145. The van der Waals surface area contributed by atoms with Crippen molar-refractivity contribution in [2.24, 2.45) is 0 Å². The van der Waals surface area contributed by atoms with E-state index >= 15 is 0 Å². The van der Waals surface area contributed by atoms with Crippen LogP contribution in [0.25, 0.3) is 9.69 Å². The van der Waals surface area contributed by atoms with Gasteiger partial charge in [-0.25, -0.2) is 0 Å². The minimum Gasteiger partial charge on any atom is -0.481 e. The van der Waals surface area contributed by atoms with E-state index in [1.807, 2.05) is 18.7 Å². The van der Waals surface area contributed by atoms with E-state index in [9.17, 15) is 9.59 Å². The van der Waals surface area contributed by atoms with Gasteiger partial charge in [-0.15, -0.1) is 0 Å². The van der Waals surface area contributed by atoms with Crippen molar-refractivity contribution in [3.63, 3.8) is 0 Å². The first-order valence-electron chi connectivity index (χ1n) is 7.61. The Hall–Kier alpha value is -3.10. The van der Waals surface area contributed by atoms with Crippen molar-refractivity contribution >= 4 is 11.9 Å². The molecule has 25 heavy (non-hydrogen) atoms. The van der Waals surface area contributed by atoms with Crippen molar-refractivity contribution in [1.82, 2.24) is 10.2 Å². The predicted octanol–water partition coefficient (Wildman–Crippen LogP) is 2.07. The topological polar surface area (TPSA) is 98.6 Å². The molecule has 0 amide bonds. The van der Waals surface area contributed by atoms with E-state index < -0.39 is 24.4 Å². The molecule has 0 aliphatic carbocycles. The molecule has 1 heterocycles. The van der Waals surface area contributed by atoms with E-state index in [2.05, 4.69) is 15.0 Å². The molecular weight excluding hydrogens is 324 g/mol. The number of hydrogen-bond donors (Lipinski definition) is 3. The summed E-state index contributed by atoms with van der Waals surface area (Å²) in [5, 5.41) is 20.4. The Morgan fingerprint density at radius 2 is 1.76 bits per heavy atom. The Kier molecular flexibility index (Phi) is 7.39. The molecule has 0 saturated carbocycles. The minimum atomic E-state index is -1.19. The van der Waals surface area contributed by atoms with Gasteiger partial charge in [-0.1, -0.05) is 0 Å². The van der Waals surface area contributed by atoms with Gasteiger partial charge >= 0.3 is 17.8 Å². The number of allylic oxidation sites excluding steroid dienone is 5. The number of nitrogens with zero attached hydrogens (tertiary/aromatic N) is 3. The zero-order chi connectivity index (χ0) is 19.0. The highest BCUT2D eigenvalue weighted by Gasteiger charge is 2.21. The lowest BCUT2D eigenvalue weighted by Crippen LogP contribution is -2.39. The normalized spacial score (nSPS) is 14.7. The summed E-state index contributed by atoms with van der Waals surface area (Å²) in [6, 6.07) is -1.11. The van der Waals surface area contributed by atoms with Crippen LogP contribution >= 0.6 is 0 Å². The van der Waals surface area contributed by atoms with Gasteiger partial charge in [-0.05, 0) is 39.0 Å². The number of aliphatic carboxylic acids is 2. The van der Waals surface area contributed by atoms with E-state index in [-0.39, 0.29) is 5.82 Å². The number of hydrogen-bond acceptors (Lipinski definition) is 4. The standard InChI is InChI=1S/C17H20N4O4/c1-11-8-13(16(18-3)19-4)9-12(2)21(11)7-5-6-20-14(17(24)25)10-15(22)23/h8-9,14,20H,5-7,10H2,1-2H3,(H,22,23)(H,24,25). The molecule has 132 valence electrons. The zero-order valence-corrected chi connectivity index (χ0v) is 14.1. The molecule has 1 atom stereocenters. The number of carboxylic acid groups (broad SMARTS) is 2. The first-order chi connectivity index (χ1) is 11.8. The van der Waals surface area contributed by atoms with Crippen LogP contribution in [0.5, 0.6) is 0 Å². The Balaban J connectivity index is 2.64. The van der Waals surface area contributed by atoms with Gasteiger partial charge in [0.15, 0.2) is 0 Å². The third-order valence-corrected chi connectivity index (χ3v) is 3.68. The fraction of sp³-hybridized carbons (Fsp3) is 0.412. The molecule has 1 unspecified atom stereocenters. The van der Waals surface area contributed by atoms with Crippen LogP contribution < -0.4 is 5.32 Å². The van der Waals surface area contributed by atoms with Gasteiger partial charge in [0.1, 0.15) is 19.2 Å². The molecule has 0 aromatic carbocycles. The second kappa shape index (κ2) is 9.26. The molecule has 3 N–H and O–H groups in total. The highest BCUT2D eigenvalue weighted by molar-refractivity contribution is 5.80. The van der Waals surface area contributed by atoms with Gasteiger partial charge in [0.05, 0.1) is 12.0 Å². The molecule has 0 aromatic rings. The van der Waals surface area contributed by atoms with Crippen LogP contribution in [-0.4, -0.2) is 46.2 Å². The number of carboxylic acids is 2. The zero-order valence-electron chi connectivity index (χ0n) is 14.1. The molecule has 1 aliphatic heterocycles. The van der Waals surface area contributed by atoms with Crippen molar-refractivity contribution < 1.29 is 19.8 Å². The quantitative estimate of drug-likeness (QED) is 0.460. The lowest BCUT2D eigenvalue weighted by Gasteiger charge is -2.29. The number of nitrogens with one attached hydrogen (secondary N) is 1. The largest absolute Gasteiger partial charge is 0.526 e. The second-order valence-electron chi connectivity index (χ2n) is 5.52. The van der Waals surface area contributed by atoms with E-state index in [4.69, 9.17) is 23.4 Å². The van der Waals surface area contributed by atoms with Crippen LogP contribution in [0.15, 0.2) is 34.9 Å². The molecule has 1 aliphatic rings. The summed E-state index contributed by atoms with van der Waals surface area (Å²) in [5.41, 5.74) is 2.36. The van der Waals surface area contributed by atoms with Crippen molar-refractivity contribution in [2.45, 2.75) is 32.7 Å². The van der Waals surface area contributed by atoms with Crippen molar-refractivity contribution in [3.05, 3.63) is 57.8 Å². The Bertz CT molecular complexity index is 684. The monoisotopic (exact) mass is 344 g/mol. The van der Waals surface area contributed by atoms with Gasteiger partial charge in [0.25, 0.3) is 0 Å². The maximum atomic E-state index is 11.0. The third kappa shape index (κ3) is 5.79. The first kappa shape index (κ1) is 19.9. The summed E-state index contributed by atoms with van der Waals surface area (Å²) in [4.78, 5) is 30.1. The van der Waals surface area contributed by atoms with E-state index in [1.165, 1.54) is 0 Å². The average Bonchev–Trinajstić information content (AvgIpc) is 2.52. The van der Waals surface area contributed by atoms with Crippen molar-refractivity contribution in [2.75, 3.05) is 13.1 Å². The molecule has 8 heteroatoms. The summed E-state index contributed by atoms with van der Waals surface area (Å²) in [7, 11) is 0. The maximum Gasteiger partial charge on any atom is 0.526 e. The van der Waals surface area contributed by atoms with Crippen LogP contribution in [0.2, 0.25) is 0 Å². The molecule has 8 nitrogen and oxygen atoms in total. The molecule has 0 spiro atoms. The summed E-state index contributed by atoms with van der Waals surface area (Å²) in [6.07, 6.45) is 3.69. The van der Waals surface area contributed by atoms with Gasteiger partial charge in [0, 0.05) is 17.9 Å².